The molecule has 2 aromatic rings. The maximum Gasteiger partial charge on any atom is 0.416 e. The van der Waals surface area contributed by atoms with Gasteiger partial charge in [0.25, 0.3) is 11.5 Å². The molecule has 1 amide bonds. The second kappa shape index (κ2) is 8.82. The van der Waals surface area contributed by atoms with Crippen molar-refractivity contribution in [1.29, 1.82) is 0 Å². The highest BCUT2D eigenvalue weighted by Crippen LogP contribution is 2.29. The van der Waals surface area contributed by atoms with E-state index in [1.165, 1.54) is 24.6 Å². The number of halogens is 3. The van der Waals surface area contributed by atoms with Crippen LogP contribution in [0.15, 0.2) is 41.2 Å². The van der Waals surface area contributed by atoms with Crippen LogP contribution >= 0.6 is 0 Å². The number of aromatic nitrogens is 1. The molecule has 0 aliphatic carbocycles. The van der Waals surface area contributed by atoms with Crippen LogP contribution in [0, 0.1) is 0 Å². The van der Waals surface area contributed by atoms with Gasteiger partial charge in [-0.15, -0.1) is 0 Å². The average molecular weight is 407 g/mol. The second-order valence-corrected chi connectivity index (χ2v) is 7.42. The van der Waals surface area contributed by atoms with Gasteiger partial charge in [0, 0.05) is 24.8 Å². The lowest BCUT2D eigenvalue weighted by molar-refractivity contribution is -0.137. The molecule has 156 valence electrons. The minimum absolute atomic E-state index is 0.0626. The number of alkyl halides is 3. The number of likely N-dealkylation sites (tertiary alicyclic amines) is 1. The molecule has 5 nitrogen and oxygen atoms in total. The minimum atomic E-state index is -4.45. The fourth-order valence-electron chi connectivity index (χ4n) is 3.53. The van der Waals surface area contributed by atoms with Crippen molar-refractivity contribution in [3.63, 3.8) is 0 Å². The summed E-state index contributed by atoms with van der Waals surface area (Å²) >= 11 is 0. The molecular weight excluding hydrogens is 383 g/mol. The number of rotatable bonds is 5. The van der Waals surface area contributed by atoms with Crippen LogP contribution in [0.4, 0.5) is 13.2 Å². The number of H-pyrrole nitrogens is 1. The van der Waals surface area contributed by atoms with Crippen LogP contribution in [-0.2, 0) is 19.3 Å². The summed E-state index contributed by atoms with van der Waals surface area (Å²) in [6.07, 6.45) is -0.983. The van der Waals surface area contributed by atoms with Gasteiger partial charge in [-0.05, 0) is 56.1 Å². The van der Waals surface area contributed by atoms with Crippen molar-refractivity contribution in [2.45, 2.75) is 51.5 Å². The van der Waals surface area contributed by atoms with Gasteiger partial charge in [0.05, 0.1) is 5.56 Å². The topological polar surface area (TPSA) is 65.2 Å². The molecule has 1 aromatic heterocycles. The molecule has 1 saturated heterocycles. The number of carbonyl (C=O) groups is 1. The summed E-state index contributed by atoms with van der Waals surface area (Å²) < 4.78 is 38.3. The van der Waals surface area contributed by atoms with E-state index in [4.69, 9.17) is 0 Å². The predicted molar refractivity (Wildman–Crippen MR) is 103 cm³/mol. The van der Waals surface area contributed by atoms with E-state index in [-0.39, 0.29) is 12.1 Å². The molecule has 2 heterocycles. The summed E-state index contributed by atoms with van der Waals surface area (Å²) in [5.74, 6) is -0.624. The van der Waals surface area contributed by atoms with Crippen LogP contribution in [-0.4, -0.2) is 28.4 Å². The molecule has 2 N–H and O–H groups in total. The highest BCUT2D eigenvalue weighted by atomic mass is 19.4. The number of hydrogen-bond donors (Lipinski definition) is 2. The number of pyridine rings is 1. The fraction of sp³-hybridized carbons (Fsp3) is 0.429. The van der Waals surface area contributed by atoms with Crippen LogP contribution < -0.4 is 10.9 Å². The second-order valence-electron chi connectivity index (χ2n) is 7.42. The van der Waals surface area contributed by atoms with Gasteiger partial charge in [-0.3, -0.25) is 14.5 Å². The van der Waals surface area contributed by atoms with Gasteiger partial charge in [-0.1, -0.05) is 18.6 Å². The van der Waals surface area contributed by atoms with E-state index in [0.29, 0.717) is 18.2 Å². The molecule has 29 heavy (non-hydrogen) atoms. The zero-order chi connectivity index (χ0) is 21.0. The van der Waals surface area contributed by atoms with E-state index in [1.807, 2.05) is 0 Å². The number of nitrogens with one attached hydrogen (secondary N) is 2. The molecule has 1 aliphatic rings. The van der Waals surface area contributed by atoms with Crippen molar-refractivity contribution in [1.82, 2.24) is 15.2 Å². The Hall–Kier alpha value is -2.61. The number of carbonyl (C=O) groups excluding carboxylic acids is 1. The Kier molecular flexibility index (Phi) is 6.42. The summed E-state index contributed by atoms with van der Waals surface area (Å²) in [5.41, 5.74) is -0.307. The van der Waals surface area contributed by atoms with Crippen LogP contribution in [0.5, 0.6) is 0 Å². The number of benzene rings is 1. The van der Waals surface area contributed by atoms with Crippen LogP contribution in [0.1, 0.15) is 53.4 Å². The predicted octanol–water partition coefficient (Wildman–Crippen LogP) is 3.70. The minimum Gasteiger partial charge on any atom is -0.348 e. The van der Waals surface area contributed by atoms with Gasteiger partial charge in [0.1, 0.15) is 5.56 Å². The van der Waals surface area contributed by atoms with Gasteiger partial charge >= 0.3 is 6.18 Å². The Labute approximate surface area is 166 Å². The van der Waals surface area contributed by atoms with Gasteiger partial charge in [0.15, 0.2) is 0 Å². The summed E-state index contributed by atoms with van der Waals surface area (Å²) in [7, 11) is 0. The Morgan fingerprint density at radius 2 is 2.03 bits per heavy atom. The monoisotopic (exact) mass is 407 g/mol. The highest BCUT2D eigenvalue weighted by molar-refractivity contribution is 5.93. The van der Waals surface area contributed by atoms with Crippen molar-refractivity contribution in [3.8, 4) is 0 Å². The van der Waals surface area contributed by atoms with E-state index in [9.17, 15) is 22.8 Å². The number of amides is 1. The number of piperidine rings is 1. The van der Waals surface area contributed by atoms with Crippen molar-refractivity contribution in [2.75, 3.05) is 6.54 Å². The molecule has 8 heteroatoms. The van der Waals surface area contributed by atoms with E-state index in [2.05, 4.69) is 22.1 Å². The molecule has 0 radical (unpaired) electrons. The lowest BCUT2D eigenvalue weighted by atomic mass is 10.0. The number of hydrogen-bond acceptors (Lipinski definition) is 3. The van der Waals surface area contributed by atoms with Crippen molar-refractivity contribution in [2.24, 2.45) is 0 Å². The van der Waals surface area contributed by atoms with Gasteiger partial charge in [-0.25, -0.2) is 0 Å². The molecule has 1 aliphatic heterocycles. The summed E-state index contributed by atoms with van der Waals surface area (Å²) in [6, 6.07) is 8.34. The molecule has 1 fully saturated rings. The average Bonchev–Trinajstić information content (AvgIpc) is 2.68. The standard InChI is InChI=1S/C21H24F3N3O2/c1-14-5-2-3-10-27(14)13-17-8-9-18(20(29)26-17)19(28)25-12-15-6-4-7-16(11-15)21(22,23)24/h4,6-9,11,14H,2-3,5,10,12-13H2,1H3,(H,25,28)(H,26,29). The Morgan fingerprint density at radius 3 is 2.72 bits per heavy atom. The zero-order valence-electron chi connectivity index (χ0n) is 16.2. The maximum atomic E-state index is 12.8. The SMILES string of the molecule is CC1CCCCN1Cc1ccc(C(=O)NCc2cccc(C(F)(F)F)c2)c(=O)[nH]1. The van der Waals surface area contributed by atoms with Crippen LogP contribution in [0.25, 0.3) is 0 Å². The van der Waals surface area contributed by atoms with E-state index in [1.54, 1.807) is 6.07 Å². The Balaban J connectivity index is 1.63. The molecular formula is C21H24F3N3O2. The smallest absolute Gasteiger partial charge is 0.348 e. The third-order valence-electron chi connectivity index (χ3n) is 5.24. The van der Waals surface area contributed by atoms with Crippen LogP contribution in [0.2, 0.25) is 0 Å². The van der Waals surface area contributed by atoms with E-state index < -0.39 is 23.2 Å². The van der Waals surface area contributed by atoms with Gasteiger partial charge in [0.2, 0.25) is 0 Å². The van der Waals surface area contributed by atoms with Gasteiger partial charge in [-0.2, -0.15) is 13.2 Å². The normalized spacial score (nSPS) is 17.9. The number of nitrogens with zero attached hydrogens (tertiary/aromatic N) is 1. The summed E-state index contributed by atoms with van der Waals surface area (Å²) in [5, 5.41) is 2.51. The van der Waals surface area contributed by atoms with Crippen molar-refractivity contribution in [3.05, 3.63) is 69.1 Å². The lowest BCUT2D eigenvalue weighted by Crippen LogP contribution is -2.37. The molecule has 1 atom stereocenters. The van der Waals surface area contributed by atoms with E-state index >= 15 is 0 Å². The van der Waals surface area contributed by atoms with Crippen LogP contribution in [0.3, 0.4) is 0 Å². The lowest BCUT2D eigenvalue weighted by Gasteiger charge is -2.33. The Bertz CT molecular complexity index is 924. The first-order valence-corrected chi connectivity index (χ1v) is 9.64. The third-order valence-corrected chi connectivity index (χ3v) is 5.24. The third kappa shape index (κ3) is 5.47. The largest absolute Gasteiger partial charge is 0.416 e. The fourth-order valence-corrected chi connectivity index (χ4v) is 3.53. The first kappa shape index (κ1) is 21.1. The molecule has 0 saturated carbocycles. The summed E-state index contributed by atoms with van der Waals surface area (Å²) in [4.78, 5) is 29.7. The Morgan fingerprint density at radius 1 is 1.24 bits per heavy atom. The van der Waals surface area contributed by atoms with E-state index in [0.717, 1.165) is 37.2 Å². The van der Waals surface area contributed by atoms with Crippen molar-refractivity contribution < 1.29 is 18.0 Å². The first-order valence-electron chi connectivity index (χ1n) is 9.64. The molecule has 0 spiro atoms. The molecule has 1 unspecified atom stereocenters. The van der Waals surface area contributed by atoms with Crippen molar-refractivity contribution >= 4 is 5.91 Å². The highest BCUT2D eigenvalue weighted by Gasteiger charge is 2.30. The molecule has 1 aromatic carbocycles. The molecule has 3 rings (SSSR count). The summed E-state index contributed by atoms with van der Waals surface area (Å²) in [6.45, 7) is 3.65. The quantitative estimate of drug-likeness (QED) is 0.795. The van der Waals surface area contributed by atoms with Gasteiger partial charge < -0.3 is 10.3 Å². The zero-order valence-corrected chi connectivity index (χ0v) is 16.2. The maximum absolute atomic E-state index is 12.8. The first-order chi connectivity index (χ1) is 13.7. The number of aromatic amines is 1. The molecule has 0 bridgehead atoms.